The monoisotopic (exact) mass is 449 g/mol. The van der Waals surface area contributed by atoms with E-state index in [1.54, 1.807) is 43.8 Å². The van der Waals surface area contributed by atoms with Gasteiger partial charge in [-0.05, 0) is 54.3 Å². The summed E-state index contributed by atoms with van der Waals surface area (Å²) in [6.45, 7) is 2.07. The Bertz CT molecular complexity index is 1190. The number of methoxy groups -OCH3 is 2. The SMILES string of the molecule is COc1ccc(OC)c(/C=C2\Oc3c(ccc4c3CN(CCc3cccs3)CO4)C2=O)c1. The third-order valence-corrected chi connectivity index (χ3v) is 6.60. The van der Waals surface area contributed by atoms with E-state index in [-0.39, 0.29) is 11.5 Å². The number of Topliss-reactive ketones (excluding diaryl/α,β-unsaturated/α-hetero) is 1. The van der Waals surface area contributed by atoms with Gasteiger partial charge >= 0.3 is 0 Å². The Kier molecular flexibility index (Phi) is 5.59. The number of carbonyl (C=O) groups is 1. The molecule has 0 unspecified atom stereocenters. The van der Waals surface area contributed by atoms with Crippen LogP contribution in [0.3, 0.4) is 0 Å². The largest absolute Gasteiger partial charge is 0.497 e. The molecule has 0 atom stereocenters. The summed E-state index contributed by atoms with van der Waals surface area (Å²) in [6, 6.07) is 13.3. The summed E-state index contributed by atoms with van der Waals surface area (Å²) < 4.78 is 22.8. The van der Waals surface area contributed by atoms with Crippen molar-refractivity contribution >= 4 is 23.2 Å². The van der Waals surface area contributed by atoms with Crippen molar-refractivity contribution in [3.8, 4) is 23.0 Å². The first-order valence-corrected chi connectivity index (χ1v) is 11.2. The van der Waals surface area contributed by atoms with E-state index in [1.807, 2.05) is 18.2 Å². The molecule has 0 saturated carbocycles. The average Bonchev–Trinajstić information content (AvgIpc) is 3.46. The van der Waals surface area contributed by atoms with Crippen LogP contribution < -0.4 is 18.9 Å². The van der Waals surface area contributed by atoms with E-state index in [9.17, 15) is 4.79 Å². The smallest absolute Gasteiger partial charge is 0.231 e. The van der Waals surface area contributed by atoms with Gasteiger partial charge in [-0.15, -0.1) is 11.3 Å². The zero-order valence-electron chi connectivity index (χ0n) is 17.9. The second-order valence-electron chi connectivity index (χ2n) is 7.62. The van der Waals surface area contributed by atoms with Crippen molar-refractivity contribution in [2.45, 2.75) is 13.0 Å². The molecule has 2 aliphatic rings. The van der Waals surface area contributed by atoms with Crippen molar-refractivity contribution in [3.63, 3.8) is 0 Å². The van der Waals surface area contributed by atoms with E-state index in [0.29, 0.717) is 41.7 Å². The number of benzene rings is 2. The van der Waals surface area contributed by atoms with E-state index in [0.717, 1.165) is 24.3 Å². The Balaban J connectivity index is 1.41. The minimum absolute atomic E-state index is 0.150. The molecule has 32 heavy (non-hydrogen) atoms. The van der Waals surface area contributed by atoms with Gasteiger partial charge in [0.2, 0.25) is 5.78 Å². The van der Waals surface area contributed by atoms with Crippen molar-refractivity contribution < 1.29 is 23.7 Å². The lowest BCUT2D eigenvalue weighted by Crippen LogP contribution is -2.33. The molecule has 1 aromatic heterocycles. The van der Waals surface area contributed by atoms with Gasteiger partial charge in [0.05, 0.1) is 25.3 Å². The highest BCUT2D eigenvalue weighted by molar-refractivity contribution is 7.09. The minimum atomic E-state index is -0.150. The summed E-state index contributed by atoms with van der Waals surface area (Å²) in [7, 11) is 3.19. The van der Waals surface area contributed by atoms with Crippen LogP contribution in [0.15, 0.2) is 53.6 Å². The molecule has 0 spiro atoms. The third-order valence-electron chi connectivity index (χ3n) is 5.66. The summed E-state index contributed by atoms with van der Waals surface area (Å²) in [6.07, 6.45) is 2.67. The van der Waals surface area contributed by atoms with Gasteiger partial charge in [0, 0.05) is 23.5 Å². The van der Waals surface area contributed by atoms with Crippen molar-refractivity contribution in [1.29, 1.82) is 0 Å². The van der Waals surface area contributed by atoms with Crippen LogP contribution in [0, 0.1) is 0 Å². The van der Waals surface area contributed by atoms with Gasteiger partial charge in [0.1, 0.15) is 29.7 Å². The molecule has 0 aliphatic carbocycles. The fourth-order valence-corrected chi connectivity index (χ4v) is 4.66. The number of carbonyl (C=O) groups excluding carboxylic acids is 1. The summed E-state index contributed by atoms with van der Waals surface area (Å²) in [5, 5.41) is 2.09. The third kappa shape index (κ3) is 3.85. The maximum absolute atomic E-state index is 13.1. The number of fused-ring (bicyclic) bond motifs is 3. The lowest BCUT2D eigenvalue weighted by molar-refractivity contribution is 0.0951. The van der Waals surface area contributed by atoms with Crippen molar-refractivity contribution in [2.24, 2.45) is 0 Å². The molecule has 6 nitrogen and oxygen atoms in total. The van der Waals surface area contributed by atoms with E-state index in [1.165, 1.54) is 4.88 Å². The Hall–Kier alpha value is -3.29. The molecule has 0 amide bonds. The van der Waals surface area contributed by atoms with Gasteiger partial charge in [-0.3, -0.25) is 9.69 Å². The molecule has 7 heteroatoms. The Morgan fingerprint density at radius 2 is 2.06 bits per heavy atom. The van der Waals surface area contributed by atoms with Crippen LogP contribution in [0.25, 0.3) is 6.08 Å². The second-order valence-corrected chi connectivity index (χ2v) is 8.65. The number of nitrogens with zero attached hydrogens (tertiary/aromatic N) is 1. The second kappa shape index (κ2) is 8.68. The molecule has 5 rings (SSSR count). The van der Waals surface area contributed by atoms with E-state index in [2.05, 4.69) is 22.4 Å². The van der Waals surface area contributed by atoms with Crippen LogP contribution in [0.5, 0.6) is 23.0 Å². The number of ether oxygens (including phenoxy) is 4. The first-order chi connectivity index (χ1) is 15.7. The zero-order chi connectivity index (χ0) is 22.1. The molecule has 3 heterocycles. The predicted octanol–water partition coefficient (Wildman–Crippen LogP) is 4.78. The molecule has 0 radical (unpaired) electrons. The molecule has 0 saturated heterocycles. The molecule has 2 aromatic carbocycles. The highest BCUT2D eigenvalue weighted by atomic mass is 32.1. The Labute approximate surface area is 190 Å². The Morgan fingerprint density at radius 3 is 2.84 bits per heavy atom. The first-order valence-electron chi connectivity index (χ1n) is 10.4. The van der Waals surface area contributed by atoms with Crippen LogP contribution in [-0.4, -0.2) is 38.2 Å². The maximum Gasteiger partial charge on any atom is 0.231 e. The summed E-state index contributed by atoms with van der Waals surface area (Å²) in [5.74, 6) is 2.77. The van der Waals surface area contributed by atoms with Gasteiger partial charge in [-0.25, -0.2) is 0 Å². The van der Waals surface area contributed by atoms with E-state index in [4.69, 9.17) is 18.9 Å². The van der Waals surface area contributed by atoms with Gasteiger partial charge in [-0.2, -0.15) is 0 Å². The van der Waals surface area contributed by atoms with Gasteiger partial charge in [0.15, 0.2) is 5.76 Å². The predicted molar refractivity (Wildman–Crippen MR) is 123 cm³/mol. The highest BCUT2D eigenvalue weighted by Crippen LogP contribution is 2.42. The van der Waals surface area contributed by atoms with E-state index >= 15 is 0 Å². The van der Waals surface area contributed by atoms with Crippen LogP contribution in [0.1, 0.15) is 26.4 Å². The van der Waals surface area contributed by atoms with Crippen LogP contribution >= 0.6 is 11.3 Å². The van der Waals surface area contributed by atoms with Gasteiger partial charge in [-0.1, -0.05) is 6.07 Å². The number of ketones is 1. The minimum Gasteiger partial charge on any atom is -0.497 e. The number of allylic oxidation sites excluding steroid dienone is 1. The standard InChI is InChI=1S/C25H23NO5S/c1-28-17-5-7-21(29-2)16(12-17)13-23-24(27)19-6-8-22-20(25(19)31-23)14-26(15-30-22)10-9-18-4-3-11-32-18/h3-8,11-13H,9-10,14-15H2,1-2H3/b23-13-. The highest BCUT2D eigenvalue weighted by Gasteiger charge is 2.33. The summed E-state index contributed by atoms with van der Waals surface area (Å²) >= 11 is 1.76. The Morgan fingerprint density at radius 1 is 1.16 bits per heavy atom. The van der Waals surface area contributed by atoms with Crippen LogP contribution in [0.4, 0.5) is 0 Å². The van der Waals surface area contributed by atoms with E-state index < -0.39 is 0 Å². The quantitative estimate of drug-likeness (QED) is 0.505. The van der Waals surface area contributed by atoms with Crippen molar-refractivity contribution in [1.82, 2.24) is 4.90 Å². The molecule has 0 fully saturated rings. The topological polar surface area (TPSA) is 57.2 Å². The summed E-state index contributed by atoms with van der Waals surface area (Å²) in [5.41, 5.74) is 2.18. The molecule has 2 aliphatic heterocycles. The van der Waals surface area contributed by atoms with Gasteiger partial charge < -0.3 is 18.9 Å². The number of hydrogen-bond donors (Lipinski definition) is 0. The average molecular weight is 450 g/mol. The van der Waals surface area contributed by atoms with Gasteiger partial charge in [0.25, 0.3) is 0 Å². The lowest BCUT2D eigenvalue weighted by atomic mass is 10.0. The van der Waals surface area contributed by atoms with Crippen LogP contribution in [-0.2, 0) is 13.0 Å². The first kappa shape index (κ1) is 20.6. The normalized spacial score (nSPS) is 16.3. The zero-order valence-corrected chi connectivity index (χ0v) is 18.7. The molecule has 3 aromatic rings. The maximum atomic E-state index is 13.1. The molecule has 0 N–H and O–H groups in total. The molecule has 164 valence electrons. The lowest BCUT2D eigenvalue weighted by Gasteiger charge is -2.29. The number of thiophene rings is 1. The molecular weight excluding hydrogens is 426 g/mol. The fourth-order valence-electron chi connectivity index (χ4n) is 3.96. The van der Waals surface area contributed by atoms with Crippen molar-refractivity contribution in [3.05, 3.63) is 75.2 Å². The number of rotatable bonds is 6. The van der Waals surface area contributed by atoms with Crippen molar-refractivity contribution in [2.75, 3.05) is 27.5 Å². The molecule has 0 bridgehead atoms. The fraction of sp³-hybridized carbons (Fsp3) is 0.240. The number of hydrogen-bond acceptors (Lipinski definition) is 7. The molecular formula is C25H23NO5S. The summed E-state index contributed by atoms with van der Waals surface area (Å²) in [4.78, 5) is 16.7. The van der Waals surface area contributed by atoms with Crippen LogP contribution in [0.2, 0.25) is 0 Å².